The molecular formula is C30H24N6O2S2. The van der Waals surface area contributed by atoms with E-state index in [9.17, 15) is 13.7 Å². The zero-order chi connectivity index (χ0) is 28.1. The van der Waals surface area contributed by atoms with E-state index in [0.29, 0.717) is 27.7 Å². The summed E-state index contributed by atoms with van der Waals surface area (Å²) in [6.07, 6.45) is 1.56. The number of nitriles is 1. The van der Waals surface area contributed by atoms with E-state index in [4.69, 9.17) is 0 Å². The van der Waals surface area contributed by atoms with Crippen LogP contribution in [-0.4, -0.2) is 23.4 Å². The van der Waals surface area contributed by atoms with Gasteiger partial charge in [0.2, 0.25) is 5.95 Å². The minimum Gasteiger partial charge on any atom is -0.360 e. The molecule has 5 aromatic rings. The molecule has 8 nitrogen and oxygen atoms in total. The van der Waals surface area contributed by atoms with Gasteiger partial charge in [0, 0.05) is 34.2 Å². The number of aryl methyl sites for hydroxylation is 2. The molecule has 0 aliphatic heterocycles. The van der Waals surface area contributed by atoms with Crippen LogP contribution >= 0.6 is 11.3 Å². The Kier molecular flexibility index (Phi) is 7.68. The topological polar surface area (TPSA) is 121 Å². The average Bonchev–Trinajstić information content (AvgIpc) is 3.44. The number of aromatic nitrogens is 3. The number of rotatable bonds is 8. The maximum atomic E-state index is 12.8. The molecule has 2 heterocycles. The van der Waals surface area contributed by atoms with E-state index in [0.717, 1.165) is 22.4 Å². The van der Waals surface area contributed by atoms with Crippen LogP contribution in [0.4, 0.5) is 11.6 Å². The minimum absolute atomic E-state index is 0.0243. The Labute approximate surface area is 236 Å². The highest BCUT2D eigenvalue weighted by Gasteiger charge is 2.16. The third-order valence-corrected chi connectivity index (χ3v) is 8.12. The lowest BCUT2D eigenvalue weighted by Crippen LogP contribution is -2.15. The zero-order valence-electron chi connectivity index (χ0n) is 21.7. The molecule has 0 fully saturated rings. The molecule has 0 spiro atoms. The average molecular weight is 565 g/mol. The lowest BCUT2D eigenvalue weighted by atomic mass is 10.0. The summed E-state index contributed by atoms with van der Waals surface area (Å²) in [5.41, 5.74) is 6.32. The SMILES string of the molecule is Cc1cc(C)nc(NS(=O)(=O)c2ccc(N/C=C(/C#N)c3nc(-c4ccc(-c5ccccc5)cc4)cs3)cc2)n1. The molecule has 0 radical (unpaired) electrons. The maximum Gasteiger partial charge on any atom is 0.264 e. The van der Waals surface area contributed by atoms with E-state index in [-0.39, 0.29) is 10.8 Å². The number of hydrogen-bond acceptors (Lipinski definition) is 8. The van der Waals surface area contributed by atoms with Crippen LogP contribution in [0.5, 0.6) is 0 Å². The van der Waals surface area contributed by atoms with Gasteiger partial charge in [-0.3, -0.25) is 0 Å². The highest BCUT2D eigenvalue weighted by atomic mass is 32.2. The first kappa shape index (κ1) is 26.7. The molecular weight excluding hydrogens is 541 g/mol. The highest BCUT2D eigenvalue weighted by Crippen LogP contribution is 2.28. The summed E-state index contributed by atoms with van der Waals surface area (Å²) in [6, 6.07) is 28.4. The highest BCUT2D eigenvalue weighted by molar-refractivity contribution is 7.92. The van der Waals surface area contributed by atoms with Crippen molar-refractivity contribution in [2.24, 2.45) is 0 Å². The normalized spacial score (nSPS) is 11.6. The third-order valence-electron chi connectivity index (χ3n) is 5.90. The van der Waals surface area contributed by atoms with Gasteiger partial charge in [-0.25, -0.2) is 28.1 Å². The molecule has 10 heteroatoms. The van der Waals surface area contributed by atoms with Crippen molar-refractivity contribution in [1.82, 2.24) is 15.0 Å². The number of anilines is 2. The van der Waals surface area contributed by atoms with Crippen molar-refractivity contribution in [3.05, 3.63) is 113 Å². The molecule has 3 aromatic carbocycles. The van der Waals surface area contributed by atoms with Gasteiger partial charge >= 0.3 is 0 Å². The van der Waals surface area contributed by atoms with Gasteiger partial charge in [-0.15, -0.1) is 11.3 Å². The number of nitrogens with one attached hydrogen (secondary N) is 2. The third kappa shape index (κ3) is 6.23. The summed E-state index contributed by atoms with van der Waals surface area (Å²) in [5.74, 6) is 0.0243. The van der Waals surface area contributed by atoms with Crippen LogP contribution in [0.1, 0.15) is 16.4 Å². The van der Waals surface area contributed by atoms with E-state index < -0.39 is 10.0 Å². The van der Waals surface area contributed by atoms with Gasteiger partial charge in [0.25, 0.3) is 10.0 Å². The number of allylic oxidation sites excluding steroid dienone is 1. The van der Waals surface area contributed by atoms with E-state index in [2.05, 4.69) is 55.3 Å². The molecule has 0 saturated carbocycles. The summed E-state index contributed by atoms with van der Waals surface area (Å²) in [7, 11) is -3.86. The van der Waals surface area contributed by atoms with E-state index in [1.54, 1.807) is 38.2 Å². The fraction of sp³-hybridized carbons (Fsp3) is 0.0667. The first-order chi connectivity index (χ1) is 19.3. The molecule has 0 atom stereocenters. The Hall–Kier alpha value is -4.85. The molecule has 0 bridgehead atoms. The van der Waals surface area contributed by atoms with Crippen LogP contribution in [0.2, 0.25) is 0 Å². The molecule has 5 rings (SSSR count). The van der Waals surface area contributed by atoms with Crippen LogP contribution < -0.4 is 10.0 Å². The number of sulfonamides is 1. The van der Waals surface area contributed by atoms with Crippen molar-refractivity contribution < 1.29 is 8.42 Å². The van der Waals surface area contributed by atoms with E-state index in [1.807, 2.05) is 35.7 Å². The Morgan fingerprint density at radius 1 is 0.850 bits per heavy atom. The monoisotopic (exact) mass is 564 g/mol. The fourth-order valence-corrected chi connectivity index (χ4v) is 5.71. The van der Waals surface area contributed by atoms with Crippen molar-refractivity contribution in [1.29, 1.82) is 5.26 Å². The van der Waals surface area contributed by atoms with Gasteiger partial charge in [0.15, 0.2) is 0 Å². The van der Waals surface area contributed by atoms with Gasteiger partial charge in [0.05, 0.1) is 10.6 Å². The van der Waals surface area contributed by atoms with Gasteiger partial charge in [-0.1, -0.05) is 54.6 Å². The molecule has 0 saturated heterocycles. The standard InChI is InChI=1S/C30H24N6O2S2/c1-20-16-21(2)34-30(33-20)36-40(37,38)27-14-12-26(13-15-27)32-18-25(17-31)29-35-28(19-39-29)24-10-8-23(9-11-24)22-6-4-3-5-7-22/h3-16,18-19,32H,1-2H3,(H,33,34,36)/b25-18-. The van der Waals surface area contributed by atoms with Crippen LogP contribution in [0.25, 0.3) is 28.0 Å². The summed E-state index contributed by atoms with van der Waals surface area (Å²) >= 11 is 1.38. The molecule has 2 N–H and O–H groups in total. The predicted octanol–water partition coefficient (Wildman–Crippen LogP) is 6.66. The molecule has 2 aromatic heterocycles. The second kappa shape index (κ2) is 11.5. The van der Waals surface area contributed by atoms with Crippen LogP contribution in [-0.2, 0) is 10.0 Å². The number of thiazole rings is 1. The number of benzene rings is 3. The summed E-state index contributed by atoms with van der Waals surface area (Å²) in [5, 5.41) is 15.3. The Bertz CT molecular complexity index is 1800. The quantitative estimate of drug-likeness (QED) is 0.202. The largest absolute Gasteiger partial charge is 0.360 e. The van der Waals surface area contributed by atoms with Crippen molar-refractivity contribution in [2.45, 2.75) is 18.7 Å². The lowest BCUT2D eigenvalue weighted by molar-refractivity contribution is 0.601. The zero-order valence-corrected chi connectivity index (χ0v) is 23.3. The van der Waals surface area contributed by atoms with Crippen LogP contribution in [0.3, 0.4) is 0 Å². The number of nitrogens with zero attached hydrogens (tertiary/aromatic N) is 4. The second-order valence-corrected chi connectivity index (χ2v) is 11.4. The smallest absolute Gasteiger partial charge is 0.264 e. The Morgan fingerprint density at radius 2 is 1.48 bits per heavy atom. The van der Waals surface area contributed by atoms with Crippen molar-refractivity contribution in [3.8, 4) is 28.5 Å². The first-order valence-electron chi connectivity index (χ1n) is 12.2. The Morgan fingerprint density at radius 3 is 2.12 bits per heavy atom. The first-order valence-corrected chi connectivity index (χ1v) is 14.6. The van der Waals surface area contributed by atoms with Gasteiger partial charge < -0.3 is 5.32 Å². The van der Waals surface area contributed by atoms with Crippen LogP contribution in [0, 0.1) is 25.2 Å². The second-order valence-electron chi connectivity index (χ2n) is 8.90. The summed E-state index contributed by atoms with van der Waals surface area (Å²) in [6.45, 7) is 3.54. The van der Waals surface area contributed by atoms with Gasteiger partial charge in [-0.2, -0.15) is 5.26 Å². The molecule has 0 aliphatic carbocycles. The number of hydrogen-bond donors (Lipinski definition) is 2. The Balaban J connectivity index is 1.27. The molecule has 0 amide bonds. The summed E-state index contributed by atoms with van der Waals surface area (Å²) < 4.78 is 28.0. The van der Waals surface area contributed by atoms with Gasteiger partial charge in [0.1, 0.15) is 16.6 Å². The molecule has 0 unspecified atom stereocenters. The molecule has 0 aliphatic rings. The van der Waals surface area contributed by atoms with E-state index in [1.165, 1.54) is 23.5 Å². The van der Waals surface area contributed by atoms with Crippen molar-refractivity contribution >= 4 is 38.6 Å². The fourth-order valence-electron chi connectivity index (χ4n) is 3.97. The lowest BCUT2D eigenvalue weighted by Gasteiger charge is -2.09. The predicted molar refractivity (Wildman–Crippen MR) is 159 cm³/mol. The van der Waals surface area contributed by atoms with Crippen molar-refractivity contribution in [3.63, 3.8) is 0 Å². The van der Waals surface area contributed by atoms with E-state index >= 15 is 0 Å². The van der Waals surface area contributed by atoms with Gasteiger partial charge in [-0.05, 0) is 55.3 Å². The van der Waals surface area contributed by atoms with Crippen LogP contribution in [0.15, 0.2) is 101 Å². The molecule has 40 heavy (non-hydrogen) atoms. The maximum absolute atomic E-state index is 12.8. The minimum atomic E-state index is -3.86. The van der Waals surface area contributed by atoms with Crippen molar-refractivity contribution in [2.75, 3.05) is 10.0 Å². The summed E-state index contributed by atoms with van der Waals surface area (Å²) in [4.78, 5) is 13.0. The molecule has 198 valence electrons.